The minimum atomic E-state index is -0.284. The van der Waals surface area contributed by atoms with Crippen LogP contribution in [0.5, 0.6) is 5.75 Å². The van der Waals surface area contributed by atoms with Gasteiger partial charge < -0.3 is 14.5 Å². The third-order valence-corrected chi connectivity index (χ3v) is 6.04. The van der Waals surface area contributed by atoms with Gasteiger partial charge in [-0.1, -0.05) is 23.7 Å². The predicted octanol–water partition coefficient (Wildman–Crippen LogP) is 5.16. The number of benzene rings is 2. The highest BCUT2D eigenvalue weighted by Gasteiger charge is 2.24. The van der Waals surface area contributed by atoms with E-state index in [-0.39, 0.29) is 6.09 Å². The Hall–Kier alpha value is -1.69. The molecule has 0 spiro atoms. The van der Waals surface area contributed by atoms with Crippen LogP contribution in [0.4, 0.5) is 4.79 Å². The molecule has 4 nitrogen and oxygen atoms in total. The van der Waals surface area contributed by atoms with Crippen LogP contribution in [0.25, 0.3) is 0 Å². The van der Waals surface area contributed by atoms with Crippen molar-refractivity contribution < 1.29 is 9.53 Å². The van der Waals surface area contributed by atoms with Gasteiger partial charge in [0.15, 0.2) is 0 Å². The Morgan fingerprint density at radius 3 is 2.33 bits per heavy atom. The van der Waals surface area contributed by atoms with E-state index in [2.05, 4.69) is 43.3 Å². The number of nitrogens with zero attached hydrogens (tertiary/aromatic N) is 2. The molecule has 0 bridgehead atoms. The third kappa shape index (κ3) is 6.16. The maximum absolute atomic E-state index is 12.3. The average Bonchev–Trinajstić information content (AvgIpc) is 2.65. The maximum Gasteiger partial charge on any atom is 0.415 e. The van der Waals surface area contributed by atoms with Crippen LogP contribution in [0, 0.1) is 0 Å². The fourth-order valence-corrected chi connectivity index (χ4v) is 4.31. The van der Waals surface area contributed by atoms with E-state index >= 15 is 0 Å². The zero-order chi connectivity index (χ0) is 19.2. The highest BCUT2D eigenvalue weighted by atomic mass is 35.5. The van der Waals surface area contributed by atoms with Gasteiger partial charge in [-0.3, -0.25) is 0 Å². The first-order valence-electron chi connectivity index (χ1n) is 9.12. The lowest BCUT2D eigenvalue weighted by molar-refractivity contribution is 0.143. The summed E-state index contributed by atoms with van der Waals surface area (Å²) in [6.07, 6.45) is 1.66. The number of piperidine rings is 1. The molecule has 0 aromatic heterocycles. The minimum absolute atomic E-state index is 0.284. The van der Waals surface area contributed by atoms with Gasteiger partial charge in [0, 0.05) is 34.8 Å². The summed E-state index contributed by atoms with van der Waals surface area (Å²) in [5.41, 5.74) is 1.32. The number of thioether (sulfide) groups is 1. The molecular weight excluding hydrogens is 380 g/mol. The van der Waals surface area contributed by atoms with Gasteiger partial charge >= 0.3 is 6.09 Å². The summed E-state index contributed by atoms with van der Waals surface area (Å²) < 4.78 is 5.42. The van der Waals surface area contributed by atoms with Crippen molar-refractivity contribution in [3.8, 4) is 5.75 Å². The second-order valence-corrected chi connectivity index (χ2v) is 8.82. The molecule has 1 heterocycles. The molecular formula is C21H25ClN2O2S. The average molecular weight is 405 g/mol. The standard InChI is InChI=1S/C21H25ClN2O2S/c1-23(2)15-16-3-9-19(10-4-16)27-20-11-13-24(14-12-20)21(25)26-18-7-5-17(22)6-8-18/h3-10,20H,11-15H2,1-2H3. The molecule has 1 amide bonds. The van der Waals surface area contributed by atoms with Crippen molar-refractivity contribution in [2.75, 3.05) is 27.2 Å². The van der Waals surface area contributed by atoms with E-state index in [1.807, 2.05) is 11.8 Å². The van der Waals surface area contributed by atoms with Crippen LogP contribution in [-0.4, -0.2) is 48.3 Å². The molecule has 1 aliphatic rings. The van der Waals surface area contributed by atoms with Gasteiger partial charge in [0.05, 0.1) is 0 Å². The number of amides is 1. The molecule has 0 unspecified atom stereocenters. The molecule has 6 heteroatoms. The van der Waals surface area contributed by atoms with E-state index in [1.54, 1.807) is 29.2 Å². The number of hydrogen-bond acceptors (Lipinski definition) is 4. The highest BCUT2D eigenvalue weighted by Crippen LogP contribution is 2.31. The Balaban J connectivity index is 1.45. The fourth-order valence-electron chi connectivity index (χ4n) is 3.06. The van der Waals surface area contributed by atoms with E-state index in [0.29, 0.717) is 16.0 Å². The Morgan fingerprint density at radius 2 is 1.74 bits per heavy atom. The van der Waals surface area contributed by atoms with E-state index < -0.39 is 0 Å². The van der Waals surface area contributed by atoms with Crippen molar-refractivity contribution in [2.24, 2.45) is 0 Å². The van der Waals surface area contributed by atoms with Gasteiger partial charge in [-0.15, -0.1) is 11.8 Å². The number of hydrogen-bond donors (Lipinski definition) is 0. The van der Waals surface area contributed by atoms with Gasteiger partial charge in [0.1, 0.15) is 5.75 Å². The van der Waals surface area contributed by atoms with Crippen LogP contribution in [0.3, 0.4) is 0 Å². The molecule has 0 atom stereocenters. The number of halogens is 1. The molecule has 0 aliphatic carbocycles. The van der Waals surface area contributed by atoms with Crippen LogP contribution in [0.2, 0.25) is 5.02 Å². The first kappa shape index (κ1) is 20.1. The second kappa shape index (κ2) is 9.49. The summed E-state index contributed by atoms with van der Waals surface area (Å²) in [6, 6.07) is 15.6. The molecule has 0 saturated carbocycles. The van der Waals surface area contributed by atoms with E-state index in [1.165, 1.54) is 10.5 Å². The Labute approximate surface area is 170 Å². The summed E-state index contributed by atoms with van der Waals surface area (Å²) in [7, 11) is 4.16. The number of likely N-dealkylation sites (tertiary alicyclic amines) is 1. The van der Waals surface area contributed by atoms with Crippen LogP contribution >= 0.6 is 23.4 Å². The zero-order valence-electron chi connectivity index (χ0n) is 15.7. The largest absolute Gasteiger partial charge is 0.415 e. The minimum Gasteiger partial charge on any atom is -0.410 e. The van der Waals surface area contributed by atoms with Crippen molar-refractivity contribution in [3.05, 3.63) is 59.1 Å². The number of carbonyl (C=O) groups is 1. The second-order valence-electron chi connectivity index (χ2n) is 7.01. The third-order valence-electron chi connectivity index (χ3n) is 4.44. The van der Waals surface area contributed by atoms with E-state index in [9.17, 15) is 4.79 Å². The molecule has 0 radical (unpaired) electrons. The molecule has 1 aliphatic heterocycles. The maximum atomic E-state index is 12.3. The molecule has 144 valence electrons. The van der Waals surface area contributed by atoms with E-state index in [0.717, 1.165) is 32.5 Å². The number of ether oxygens (including phenoxy) is 1. The van der Waals surface area contributed by atoms with Gasteiger partial charge in [0.2, 0.25) is 0 Å². The van der Waals surface area contributed by atoms with Crippen molar-refractivity contribution >= 4 is 29.5 Å². The van der Waals surface area contributed by atoms with Crippen molar-refractivity contribution in [3.63, 3.8) is 0 Å². The van der Waals surface area contributed by atoms with Gasteiger partial charge in [-0.25, -0.2) is 4.79 Å². The fraction of sp³-hybridized carbons (Fsp3) is 0.381. The number of carbonyl (C=O) groups excluding carboxylic acids is 1. The van der Waals surface area contributed by atoms with Crippen molar-refractivity contribution in [1.29, 1.82) is 0 Å². The van der Waals surface area contributed by atoms with Crippen molar-refractivity contribution in [1.82, 2.24) is 9.80 Å². The summed E-state index contributed by atoms with van der Waals surface area (Å²) in [4.78, 5) is 17.5. The van der Waals surface area contributed by atoms with Crippen LogP contribution < -0.4 is 4.74 Å². The smallest absolute Gasteiger partial charge is 0.410 e. The molecule has 2 aromatic rings. The molecule has 1 fully saturated rings. The van der Waals surface area contributed by atoms with Gasteiger partial charge in [-0.05, 0) is 68.9 Å². The lowest BCUT2D eigenvalue weighted by Gasteiger charge is -2.30. The molecule has 2 aromatic carbocycles. The van der Waals surface area contributed by atoms with Crippen LogP contribution in [-0.2, 0) is 6.54 Å². The van der Waals surface area contributed by atoms with Crippen LogP contribution in [0.15, 0.2) is 53.4 Å². The zero-order valence-corrected chi connectivity index (χ0v) is 17.3. The summed E-state index contributed by atoms with van der Waals surface area (Å²) in [5.74, 6) is 0.527. The Morgan fingerprint density at radius 1 is 1.11 bits per heavy atom. The van der Waals surface area contributed by atoms with Crippen LogP contribution in [0.1, 0.15) is 18.4 Å². The SMILES string of the molecule is CN(C)Cc1ccc(SC2CCN(C(=O)Oc3ccc(Cl)cc3)CC2)cc1. The molecule has 0 N–H and O–H groups in total. The van der Waals surface area contributed by atoms with Gasteiger partial charge in [0.25, 0.3) is 0 Å². The monoisotopic (exact) mass is 404 g/mol. The normalized spacial score (nSPS) is 15.2. The lowest BCUT2D eigenvalue weighted by Crippen LogP contribution is -2.40. The summed E-state index contributed by atoms with van der Waals surface area (Å²) >= 11 is 7.76. The van der Waals surface area contributed by atoms with Gasteiger partial charge in [-0.2, -0.15) is 0 Å². The van der Waals surface area contributed by atoms with E-state index in [4.69, 9.17) is 16.3 Å². The first-order valence-corrected chi connectivity index (χ1v) is 10.4. The molecule has 3 rings (SSSR count). The topological polar surface area (TPSA) is 32.8 Å². The molecule has 27 heavy (non-hydrogen) atoms. The highest BCUT2D eigenvalue weighted by molar-refractivity contribution is 8.00. The van der Waals surface area contributed by atoms with Crippen molar-refractivity contribution in [2.45, 2.75) is 29.5 Å². The predicted molar refractivity (Wildman–Crippen MR) is 112 cm³/mol. The molecule has 1 saturated heterocycles. The Kier molecular flexibility index (Phi) is 7.05. The lowest BCUT2D eigenvalue weighted by atomic mass is 10.1. The summed E-state index contributed by atoms with van der Waals surface area (Å²) in [5, 5.41) is 1.16. The quantitative estimate of drug-likeness (QED) is 0.689. The Bertz CT molecular complexity index is 742. The summed E-state index contributed by atoms with van der Waals surface area (Å²) in [6.45, 7) is 2.41. The first-order chi connectivity index (χ1) is 13.0. The number of rotatable bonds is 5.